The number of rotatable bonds is 8. The maximum Gasteiger partial charge on any atom is 0.408 e. The van der Waals surface area contributed by atoms with Crippen molar-refractivity contribution < 1.29 is 29.0 Å². The third kappa shape index (κ3) is 8.44. The van der Waals surface area contributed by atoms with Crippen molar-refractivity contribution in [3.63, 3.8) is 0 Å². The third-order valence-corrected chi connectivity index (χ3v) is 3.70. The maximum absolute atomic E-state index is 11.7. The zero-order valence-electron chi connectivity index (χ0n) is 13.0. The minimum atomic E-state index is -1.16. The third-order valence-electron chi connectivity index (χ3n) is 2.35. The Morgan fingerprint density at radius 2 is 1.86 bits per heavy atom. The number of amides is 1. The minimum absolute atomic E-state index is 0.177. The molecule has 0 unspecified atom stereocenters. The van der Waals surface area contributed by atoms with Crippen LogP contribution in [0.25, 0.3) is 0 Å². The predicted molar refractivity (Wildman–Crippen MR) is 79.3 cm³/mol. The summed E-state index contributed by atoms with van der Waals surface area (Å²) in [5, 5.41) is 11.7. The first-order chi connectivity index (χ1) is 9.49. The lowest BCUT2D eigenvalue weighted by Gasteiger charge is -2.32. The number of aliphatic carboxylic acids is 1. The summed E-state index contributed by atoms with van der Waals surface area (Å²) in [6.45, 7) is 8.97. The largest absolute Gasteiger partial charge is 0.480 e. The quantitative estimate of drug-likeness (QED) is 0.517. The summed E-state index contributed by atoms with van der Waals surface area (Å²) < 4.78 is 8.82. The fourth-order valence-electron chi connectivity index (χ4n) is 1.44. The molecule has 21 heavy (non-hydrogen) atoms. The number of carbonyl (C=O) groups is 3. The summed E-state index contributed by atoms with van der Waals surface area (Å²) in [7, 11) is 0. The van der Waals surface area contributed by atoms with Crippen LogP contribution < -0.4 is 5.32 Å². The summed E-state index contributed by atoms with van der Waals surface area (Å²) >= 11 is 1.28. The SMILES string of the molecule is CC(C)(C)OC(=O)N[C@H](C(=O)O)C(C)(C)SCCOC=O. The topological polar surface area (TPSA) is 102 Å². The highest BCUT2D eigenvalue weighted by atomic mass is 32.2. The number of nitrogens with one attached hydrogen (secondary N) is 1. The Morgan fingerprint density at radius 3 is 2.29 bits per heavy atom. The first kappa shape index (κ1) is 19.6. The number of hydrogen-bond acceptors (Lipinski definition) is 6. The van der Waals surface area contributed by atoms with Crippen molar-refractivity contribution in [2.75, 3.05) is 12.4 Å². The van der Waals surface area contributed by atoms with Gasteiger partial charge in [-0.05, 0) is 34.6 Å². The molecule has 0 saturated heterocycles. The molecule has 0 aromatic carbocycles. The van der Waals surface area contributed by atoms with E-state index in [-0.39, 0.29) is 6.61 Å². The summed E-state index contributed by atoms with van der Waals surface area (Å²) in [6, 6.07) is -1.13. The molecule has 2 N–H and O–H groups in total. The molecule has 0 spiro atoms. The van der Waals surface area contributed by atoms with Gasteiger partial charge >= 0.3 is 12.1 Å². The molecule has 0 bridgehead atoms. The van der Waals surface area contributed by atoms with Crippen molar-refractivity contribution in [3.05, 3.63) is 0 Å². The normalized spacial score (nSPS) is 13.2. The van der Waals surface area contributed by atoms with Crippen molar-refractivity contribution in [1.29, 1.82) is 0 Å². The second-order valence-electron chi connectivity index (χ2n) is 5.84. The summed E-state index contributed by atoms with van der Waals surface area (Å²) in [5.74, 6) is -0.736. The lowest BCUT2D eigenvalue weighted by atomic mass is 10.0. The predicted octanol–water partition coefficient (Wildman–Crippen LogP) is 1.65. The van der Waals surface area contributed by atoms with E-state index in [1.165, 1.54) is 11.8 Å². The zero-order chi connectivity index (χ0) is 16.7. The molecule has 0 aliphatic heterocycles. The van der Waals surface area contributed by atoms with E-state index in [1.54, 1.807) is 34.6 Å². The van der Waals surface area contributed by atoms with Gasteiger partial charge in [0, 0.05) is 10.5 Å². The number of hydrogen-bond donors (Lipinski definition) is 2. The van der Waals surface area contributed by atoms with E-state index in [9.17, 15) is 19.5 Å². The van der Waals surface area contributed by atoms with Crippen molar-refractivity contribution in [1.82, 2.24) is 5.32 Å². The minimum Gasteiger partial charge on any atom is -0.480 e. The van der Waals surface area contributed by atoms with E-state index in [0.717, 1.165) is 0 Å². The first-order valence-corrected chi connectivity index (χ1v) is 7.39. The number of carbonyl (C=O) groups excluding carboxylic acids is 2. The Morgan fingerprint density at radius 1 is 1.29 bits per heavy atom. The van der Waals surface area contributed by atoms with E-state index in [0.29, 0.717) is 12.2 Å². The van der Waals surface area contributed by atoms with Crippen molar-refractivity contribution >= 4 is 30.3 Å². The molecule has 0 saturated carbocycles. The van der Waals surface area contributed by atoms with Crippen molar-refractivity contribution in [2.45, 2.75) is 51.0 Å². The number of thioether (sulfide) groups is 1. The van der Waals surface area contributed by atoms with Gasteiger partial charge < -0.3 is 19.9 Å². The van der Waals surface area contributed by atoms with Gasteiger partial charge in [-0.3, -0.25) is 4.79 Å². The standard InChI is InChI=1S/C13H23NO6S/c1-12(2,3)20-11(18)14-9(10(16)17)13(4,5)21-7-6-19-8-15/h8-9H,6-7H2,1-5H3,(H,14,18)(H,16,17)/t9-/m1/s1. The van der Waals surface area contributed by atoms with Crippen LogP contribution in [0.2, 0.25) is 0 Å². The van der Waals surface area contributed by atoms with E-state index in [2.05, 4.69) is 10.1 Å². The average Bonchev–Trinajstić information content (AvgIpc) is 2.29. The summed E-state index contributed by atoms with van der Waals surface area (Å²) in [6.07, 6.45) is -0.785. The van der Waals surface area contributed by atoms with E-state index < -0.39 is 28.5 Å². The van der Waals surface area contributed by atoms with Crippen LogP contribution in [-0.4, -0.2) is 52.4 Å². The number of carboxylic acids is 1. The lowest BCUT2D eigenvalue weighted by Crippen LogP contribution is -2.53. The Bertz CT molecular complexity index is 377. The van der Waals surface area contributed by atoms with Gasteiger partial charge in [-0.25, -0.2) is 9.59 Å². The average molecular weight is 321 g/mol. The smallest absolute Gasteiger partial charge is 0.408 e. The molecule has 0 aliphatic rings. The van der Waals surface area contributed by atoms with E-state index in [4.69, 9.17) is 4.74 Å². The van der Waals surface area contributed by atoms with Gasteiger partial charge in [-0.1, -0.05) is 0 Å². The Balaban J connectivity index is 4.68. The molecular formula is C13H23NO6S. The van der Waals surface area contributed by atoms with Gasteiger partial charge in [-0.15, -0.1) is 11.8 Å². The number of alkyl carbamates (subject to hydrolysis) is 1. The Labute approximate surface area is 128 Å². The van der Waals surface area contributed by atoms with Crippen molar-refractivity contribution in [3.8, 4) is 0 Å². The monoisotopic (exact) mass is 321 g/mol. The van der Waals surface area contributed by atoms with Crippen LogP contribution in [0.4, 0.5) is 4.79 Å². The molecule has 0 aliphatic carbocycles. The van der Waals surface area contributed by atoms with Crippen LogP contribution in [0.5, 0.6) is 0 Å². The van der Waals surface area contributed by atoms with Gasteiger partial charge in [0.05, 0.1) is 0 Å². The molecule has 0 radical (unpaired) electrons. The summed E-state index contributed by atoms with van der Waals surface area (Å²) in [4.78, 5) is 33.1. The highest BCUT2D eigenvalue weighted by molar-refractivity contribution is 8.00. The molecule has 7 nitrogen and oxygen atoms in total. The maximum atomic E-state index is 11.7. The fraction of sp³-hybridized carbons (Fsp3) is 0.769. The van der Waals surface area contributed by atoms with Gasteiger partial charge in [0.25, 0.3) is 6.47 Å². The molecule has 122 valence electrons. The molecule has 8 heteroatoms. The van der Waals surface area contributed by atoms with Gasteiger partial charge in [0.15, 0.2) is 0 Å². The first-order valence-electron chi connectivity index (χ1n) is 6.41. The molecule has 0 heterocycles. The molecule has 1 atom stereocenters. The second kappa shape index (κ2) is 8.11. The number of carboxylic acid groups (broad SMARTS) is 1. The highest BCUT2D eigenvalue weighted by Crippen LogP contribution is 2.28. The molecular weight excluding hydrogens is 298 g/mol. The summed E-state index contributed by atoms with van der Waals surface area (Å²) in [5.41, 5.74) is -0.706. The Kier molecular flexibility index (Phi) is 7.56. The lowest BCUT2D eigenvalue weighted by molar-refractivity contribution is -0.140. The highest BCUT2D eigenvalue weighted by Gasteiger charge is 2.38. The fourth-order valence-corrected chi connectivity index (χ4v) is 2.47. The van der Waals surface area contributed by atoms with Crippen LogP contribution in [0.3, 0.4) is 0 Å². The van der Waals surface area contributed by atoms with Crippen LogP contribution in [0.15, 0.2) is 0 Å². The van der Waals surface area contributed by atoms with Gasteiger partial charge in [0.1, 0.15) is 18.2 Å². The van der Waals surface area contributed by atoms with Crippen LogP contribution in [-0.2, 0) is 19.1 Å². The molecule has 0 aromatic rings. The molecule has 1 amide bonds. The van der Waals surface area contributed by atoms with Gasteiger partial charge in [-0.2, -0.15) is 0 Å². The zero-order valence-corrected chi connectivity index (χ0v) is 13.8. The van der Waals surface area contributed by atoms with E-state index >= 15 is 0 Å². The van der Waals surface area contributed by atoms with Crippen LogP contribution >= 0.6 is 11.8 Å². The molecule has 0 rings (SSSR count). The van der Waals surface area contributed by atoms with Crippen LogP contribution in [0.1, 0.15) is 34.6 Å². The van der Waals surface area contributed by atoms with Gasteiger partial charge in [0.2, 0.25) is 0 Å². The second-order valence-corrected chi connectivity index (χ2v) is 7.59. The van der Waals surface area contributed by atoms with Crippen LogP contribution in [0, 0.1) is 0 Å². The van der Waals surface area contributed by atoms with E-state index in [1.807, 2.05) is 0 Å². The Hall–Kier alpha value is -1.44. The molecule has 0 aromatic heterocycles. The van der Waals surface area contributed by atoms with Crippen molar-refractivity contribution in [2.24, 2.45) is 0 Å². The number of ether oxygens (including phenoxy) is 2. The molecule has 0 fully saturated rings.